The predicted octanol–water partition coefficient (Wildman–Crippen LogP) is 2.46. The molecule has 2 aromatic heterocycles. The first-order valence-corrected chi connectivity index (χ1v) is 10.2. The summed E-state index contributed by atoms with van der Waals surface area (Å²) in [5.41, 5.74) is 2.74. The lowest BCUT2D eigenvalue weighted by Gasteiger charge is -2.23. The van der Waals surface area contributed by atoms with Crippen molar-refractivity contribution in [3.8, 4) is 11.4 Å². The number of rotatable bonds is 11. The molecule has 3 rings (SSSR count). The highest BCUT2D eigenvalue weighted by atomic mass is 16.5. The van der Waals surface area contributed by atoms with Gasteiger partial charge in [0.15, 0.2) is 17.0 Å². The Kier molecular flexibility index (Phi) is 7.73. The lowest BCUT2D eigenvalue weighted by atomic mass is 10.2. The van der Waals surface area contributed by atoms with E-state index in [9.17, 15) is 0 Å². The van der Waals surface area contributed by atoms with Crippen molar-refractivity contribution < 1.29 is 9.47 Å². The first-order valence-electron chi connectivity index (χ1n) is 10.2. The summed E-state index contributed by atoms with van der Waals surface area (Å²) in [6.07, 6.45) is 0. The number of imidazole rings is 1. The third-order valence-corrected chi connectivity index (χ3v) is 4.92. The van der Waals surface area contributed by atoms with Crippen molar-refractivity contribution in [3.05, 3.63) is 36.2 Å². The molecule has 0 aliphatic heterocycles. The summed E-state index contributed by atoms with van der Waals surface area (Å²) in [7, 11) is 7.56. The Bertz CT molecular complexity index is 934. The first-order chi connectivity index (χ1) is 14.5. The van der Waals surface area contributed by atoms with Crippen molar-refractivity contribution in [2.75, 3.05) is 66.1 Å². The Hall–Kier alpha value is -2.55. The average Bonchev–Trinajstić information content (AvgIpc) is 3.11. The maximum atomic E-state index is 5.32. The lowest BCUT2D eigenvalue weighted by molar-refractivity contribution is 0.190. The Morgan fingerprint density at radius 1 is 0.900 bits per heavy atom. The molecule has 30 heavy (non-hydrogen) atoms. The molecule has 8 heteroatoms. The Labute approximate surface area is 178 Å². The zero-order chi connectivity index (χ0) is 21.5. The van der Waals surface area contributed by atoms with Crippen LogP contribution in [0.25, 0.3) is 22.6 Å². The quantitative estimate of drug-likeness (QED) is 0.479. The van der Waals surface area contributed by atoms with Crippen LogP contribution in [0.2, 0.25) is 0 Å². The van der Waals surface area contributed by atoms with Crippen molar-refractivity contribution in [2.45, 2.75) is 13.5 Å². The molecule has 0 fully saturated rings. The third-order valence-electron chi connectivity index (χ3n) is 4.92. The fourth-order valence-corrected chi connectivity index (χ4v) is 3.36. The first kappa shape index (κ1) is 22.1. The van der Waals surface area contributed by atoms with Gasteiger partial charge in [0, 0.05) is 46.0 Å². The zero-order valence-electron chi connectivity index (χ0n) is 18.6. The van der Waals surface area contributed by atoms with E-state index in [-0.39, 0.29) is 0 Å². The van der Waals surface area contributed by atoms with Crippen molar-refractivity contribution in [1.29, 1.82) is 0 Å². The van der Waals surface area contributed by atoms with E-state index in [0.717, 1.165) is 47.3 Å². The molecule has 8 nitrogen and oxygen atoms in total. The summed E-state index contributed by atoms with van der Waals surface area (Å²) < 4.78 is 12.8. The van der Waals surface area contributed by atoms with Crippen LogP contribution in [0.5, 0.6) is 0 Å². The minimum Gasteiger partial charge on any atom is -0.383 e. The van der Waals surface area contributed by atoms with Gasteiger partial charge in [-0.05, 0) is 21.0 Å². The standard InChI is InChI=1S/C22H32N6O2/c1-17-23-21(27(13-15-29-4)14-16-30-5)19-22(24-17)28(12-11-26(2)3)20(25-19)18-9-7-6-8-10-18/h6-10H,11-16H2,1-5H3. The topological polar surface area (TPSA) is 68.5 Å². The number of anilines is 1. The highest BCUT2D eigenvalue weighted by molar-refractivity contribution is 5.87. The minimum absolute atomic E-state index is 0.598. The van der Waals surface area contributed by atoms with Crippen LogP contribution in [0.4, 0.5) is 5.82 Å². The minimum atomic E-state index is 0.598. The number of ether oxygens (including phenoxy) is 2. The summed E-state index contributed by atoms with van der Waals surface area (Å²) >= 11 is 0. The summed E-state index contributed by atoms with van der Waals surface area (Å²) in [5.74, 6) is 2.46. The van der Waals surface area contributed by atoms with Gasteiger partial charge in [0.1, 0.15) is 11.6 Å². The van der Waals surface area contributed by atoms with Crippen LogP contribution in [0, 0.1) is 6.92 Å². The summed E-state index contributed by atoms with van der Waals surface area (Å²) in [6, 6.07) is 10.3. The third kappa shape index (κ3) is 5.13. The second-order valence-electron chi connectivity index (χ2n) is 7.50. The number of nitrogens with zero attached hydrogens (tertiary/aromatic N) is 6. The smallest absolute Gasteiger partial charge is 0.166 e. The lowest BCUT2D eigenvalue weighted by Crippen LogP contribution is -2.32. The van der Waals surface area contributed by atoms with Gasteiger partial charge in [-0.3, -0.25) is 0 Å². The molecule has 0 amide bonds. The molecule has 0 saturated carbocycles. The van der Waals surface area contributed by atoms with Gasteiger partial charge in [-0.1, -0.05) is 30.3 Å². The van der Waals surface area contributed by atoms with Gasteiger partial charge in [0.25, 0.3) is 0 Å². The average molecular weight is 413 g/mol. The molecule has 0 spiro atoms. The van der Waals surface area contributed by atoms with Crippen molar-refractivity contribution in [1.82, 2.24) is 24.4 Å². The number of hydrogen-bond donors (Lipinski definition) is 0. The van der Waals surface area contributed by atoms with E-state index in [0.29, 0.717) is 26.3 Å². The van der Waals surface area contributed by atoms with Gasteiger partial charge in [-0.2, -0.15) is 0 Å². The summed E-state index contributed by atoms with van der Waals surface area (Å²) in [5, 5.41) is 0. The molecule has 162 valence electrons. The maximum absolute atomic E-state index is 5.32. The van der Waals surface area contributed by atoms with E-state index in [1.54, 1.807) is 14.2 Å². The monoisotopic (exact) mass is 412 g/mol. The number of fused-ring (bicyclic) bond motifs is 1. The summed E-state index contributed by atoms with van der Waals surface area (Å²) in [4.78, 5) is 18.9. The van der Waals surface area contributed by atoms with Gasteiger partial charge < -0.3 is 23.8 Å². The van der Waals surface area contributed by atoms with Gasteiger partial charge in [0.2, 0.25) is 0 Å². The molecule has 0 aliphatic carbocycles. The van der Waals surface area contributed by atoms with Crippen molar-refractivity contribution >= 4 is 17.0 Å². The van der Waals surface area contributed by atoms with Crippen LogP contribution in [0.3, 0.4) is 0 Å². The molecule has 0 saturated heterocycles. The largest absolute Gasteiger partial charge is 0.383 e. The molecular formula is C22H32N6O2. The molecule has 0 N–H and O–H groups in total. The number of hydrogen-bond acceptors (Lipinski definition) is 7. The number of aromatic nitrogens is 4. The van der Waals surface area contributed by atoms with Gasteiger partial charge in [0.05, 0.1) is 13.2 Å². The van der Waals surface area contributed by atoms with Crippen LogP contribution >= 0.6 is 0 Å². The van der Waals surface area contributed by atoms with E-state index in [1.165, 1.54) is 0 Å². The zero-order valence-corrected chi connectivity index (χ0v) is 18.6. The van der Waals surface area contributed by atoms with Crippen molar-refractivity contribution in [3.63, 3.8) is 0 Å². The molecule has 0 radical (unpaired) electrons. The van der Waals surface area contributed by atoms with E-state index in [2.05, 4.69) is 40.6 Å². The van der Waals surface area contributed by atoms with Crippen molar-refractivity contribution in [2.24, 2.45) is 0 Å². The number of benzene rings is 1. The Morgan fingerprint density at radius 3 is 2.17 bits per heavy atom. The highest BCUT2D eigenvalue weighted by Gasteiger charge is 2.21. The molecule has 2 heterocycles. The van der Waals surface area contributed by atoms with Crippen LogP contribution in [-0.4, -0.2) is 85.6 Å². The van der Waals surface area contributed by atoms with E-state index in [4.69, 9.17) is 24.4 Å². The molecule has 0 unspecified atom stereocenters. The Morgan fingerprint density at radius 2 is 1.57 bits per heavy atom. The molecule has 1 aromatic carbocycles. The maximum Gasteiger partial charge on any atom is 0.166 e. The second-order valence-corrected chi connectivity index (χ2v) is 7.50. The Balaban J connectivity index is 2.16. The van der Waals surface area contributed by atoms with E-state index < -0.39 is 0 Å². The van der Waals surface area contributed by atoms with Crippen LogP contribution < -0.4 is 4.90 Å². The van der Waals surface area contributed by atoms with Gasteiger partial charge in [-0.15, -0.1) is 0 Å². The van der Waals surface area contributed by atoms with E-state index >= 15 is 0 Å². The summed E-state index contributed by atoms with van der Waals surface area (Å²) in [6.45, 7) is 6.22. The number of aryl methyl sites for hydroxylation is 1. The highest BCUT2D eigenvalue weighted by Crippen LogP contribution is 2.29. The predicted molar refractivity (Wildman–Crippen MR) is 120 cm³/mol. The molecule has 0 atom stereocenters. The van der Waals surface area contributed by atoms with Crippen LogP contribution in [-0.2, 0) is 16.0 Å². The van der Waals surface area contributed by atoms with Crippen LogP contribution in [0.15, 0.2) is 30.3 Å². The SMILES string of the molecule is COCCN(CCOC)c1nc(C)nc2c1nc(-c1ccccc1)n2CCN(C)C. The molecule has 0 aliphatic rings. The normalized spacial score (nSPS) is 11.5. The number of likely N-dealkylation sites (N-methyl/N-ethyl adjacent to an activating group) is 1. The fraction of sp³-hybridized carbons (Fsp3) is 0.500. The van der Waals surface area contributed by atoms with E-state index in [1.807, 2.05) is 25.1 Å². The molecule has 0 bridgehead atoms. The van der Waals surface area contributed by atoms with Gasteiger partial charge >= 0.3 is 0 Å². The molecule has 3 aromatic rings. The fourth-order valence-electron chi connectivity index (χ4n) is 3.36. The molecular weight excluding hydrogens is 380 g/mol. The van der Waals surface area contributed by atoms with Gasteiger partial charge in [-0.25, -0.2) is 15.0 Å². The number of methoxy groups -OCH3 is 2. The second kappa shape index (κ2) is 10.5. The van der Waals surface area contributed by atoms with Crippen LogP contribution in [0.1, 0.15) is 5.82 Å².